The van der Waals surface area contributed by atoms with Crippen LogP contribution < -0.4 is 15.1 Å². The lowest BCUT2D eigenvalue weighted by molar-refractivity contribution is -0.114. The SMILES string of the molecule is CCN(CC)c1ccc(/C=C2\N=C(SCC(=O)Nc3ccc4cc[nH]c4c3)N(c3ccccc3)C2=O)cc1. The zero-order valence-electron chi connectivity index (χ0n) is 21.3. The highest BCUT2D eigenvalue weighted by Crippen LogP contribution is 2.30. The predicted molar refractivity (Wildman–Crippen MR) is 159 cm³/mol. The fourth-order valence-electron chi connectivity index (χ4n) is 4.38. The third-order valence-corrected chi connectivity index (χ3v) is 7.28. The highest BCUT2D eigenvalue weighted by molar-refractivity contribution is 8.14. The zero-order valence-corrected chi connectivity index (χ0v) is 22.2. The molecule has 0 aliphatic carbocycles. The highest BCUT2D eigenvalue weighted by Gasteiger charge is 2.32. The summed E-state index contributed by atoms with van der Waals surface area (Å²) in [6.07, 6.45) is 3.66. The van der Waals surface area contributed by atoms with E-state index in [9.17, 15) is 9.59 Å². The van der Waals surface area contributed by atoms with Gasteiger partial charge < -0.3 is 15.2 Å². The summed E-state index contributed by atoms with van der Waals surface area (Å²) in [5.41, 5.74) is 4.75. The number of benzene rings is 3. The normalized spacial score (nSPS) is 14.3. The van der Waals surface area contributed by atoms with Gasteiger partial charge in [-0.1, -0.05) is 48.2 Å². The van der Waals surface area contributed by atoms with E-state index in [-0.39, 0.29) is 17.6 Å². The van der Waals surface area contributed by atoms with Crippen LogP contribution in [0.2, 0.25) is 0 Å². The highest BCUT2D eigenvalue weighted by atomic mass is 32.2. The van der Waals surface area contributed by atoms with E-state index >= 15 is 0 Å². The number of hydrogen-bond acceptors (Lipinski definition) is 5. The van der Waals surface area contributed by atoms with E-state index in [1.807, 2.05) is 72.9 Å². The summed E-state index contributed by atoms with van der Waals surface area (Å²) in [6.45, 7) is 6.12. The van der Waals surface area contributed by atoms with Gasteiger partial charge in [0.05, 0.1) is 11.4 Å². The zero-order chi connectivity index (χ0) is 26.5. The Labute approximate surface area is 226 Å². The van der Waals surface area contributed by atoms with E-state index in [4.69, 9.17) is 0 Å². The largest absolute Gasteiger partial charge is 0.372 e. The maximum absolute atomic E-state index is 13.4. The Kier molecular flexibility index (Phi) is 7.60. The van der Waals surface area contributed by atoms with Crippen LogP contribution in [-0.2, 0) is 9.59 Å². The molecule has 2 heterocycles. The van der Waals surface area contributed by atoms with E-state index in [0.29, 0.717) is 22.2 Å². The van der Waals surface area contributed by atoms with Crippen LogP contribution in [0.1, 0.15) is 19.4 Å². The number of thioether (sulfide) groups is 1. The maximum Gasteiger partial charge on any atom is 0.283 e. The van der Waals surface area contributed by atoms with Crippen LogP contribution >= 0.6 is 11.8 Å². The number of aliphatic imine (C=N–C) groups is 1. The third kappa shape index (κ3) is 5.50. The van der Waals surface area contributed by atoms with Gasteiger partial charge in [-0.15, -0.1) is 0 Å². The summed E-state index contributed by atoms with van der Waals surface area (Å²) in [4.78, 5) is 37.8. The molecule has 38 heavy (non-hydrogen) atoms. The van der Waals surface area contributed by atoms with Gasteiger partial charge >= 0.3 is 0 Å². The maximum atomic E-state index is 13.4. The lowest BCUT2D eigenvalue weighted by Gasteiger charge is -2.20. The summed E-state index contributed by atoms with van der Waals surface area (Å²) >= 11 is 1.24. The van der Waals surface area contributed by atoms with Gasteiger partial charge in [0.2, 0.25) is 5.91 Å². The van der Waals surface area contributed by atoms with Crippen molar-refractivity contribution >= 4 is 62.8 Å². The quantitative estimate of drug-likeness (QED) is 0.272. The molecule has 3 aromatic carbocycles. The molecule has 0 bridgehead atoms. The molecular formula is C30H29N5O2S. The van der Waals surface area contributed by atoms with Gasteiger partial charge in [-0.05, 0) is 73.3 Å². The van der Waals surface area contributed by atoms with Gasteiger partial charge in [0.25, 0.3) is 5.91 Å². The van der Waals surface area contributed by atoms with Crippen LogP contribution in [0.15, 0.2) is 95.7 Å². The first-order valence-corrected chi connectivity index (χ1v) is 13.6. The van der Waals surface area contributed by atoms with Crippen LogP contribution in [0.5, 0.6) is 0 Å². The Morgan fingerprint density at radius 3 is 2.53 bits per heavy atom. The second-order valence-electron chi connectivity index (χ2n) is 8.78. The van der Waals surface area contributed by atoms with Crippen LogP contribution in [0.3, 0.4) is 0 Å². The standard InChI is InChI=1S/C30H29N5O2S/c1-3-34(4-2)24-14-10-21(11-15-24)18-27-29(37)35(25-8-6-5-7-9-25)30(33-27)38-20-28(36)32-23-13-12-22-16-17-31-26(22)19-23/h5-19,31H,3-4,20H2,1-2H3,(H,32,36)/b27-18-. The molecule has 4 aromatic rings. The van der Waals surface area contributed by atoms with Crippen molar-refractivity contribution in [3.63, 3.8) is 0 Å². The molecule has 1 aromatic heterocycles. The topological polar surface area (TPSA) is 80.8 Å². The molecule has 0 fully saturated rings. The van der Waals surface area contributed by atoms with Crippen molar-refractivity contribution < 1.29 is 9.59 Å². The van der Waals surface area contributed by atoms with E-state index in [2.05, 4.69) is 46.2 Å². The Hall–Kier alpha value is -4.30. The number of aromatic amines is 1. The van der Waals surface area contributed by atoms with Crippen LogP contribution in [-0.4, -0.2) is 40.8 Å². The lowest BCUT2D eigenvalue weighted by Crippen LogP contribution is -2.31. The fraction of sp³-hybridized carbons (Fsp3) is 0.167. The van der Waals surface area contributed by atoms with Crippen molar-refractivity contribution in [3.05, 3.63) is 96.3 Å². The Morgan fingerprint density at radius 1 is 1.03 bits per heavy atom. The molecule has 8 heteroatoms. The smallest absolute Gasteiger partial charge is 0.283 e. The number of nitrogens with one attached hydrogen (secondary N) is 2. The number of rotatable bonds is 8. The number of fused-ring (bicyclic) bond motifs is 1. The molecule has 1 aliphatic rings. The molecule has 1 aliphatic heterocycles. The molecule has 0 radical (unpaired) electrons. The number of anilines is 3. The third-order valence-electron chi connectivity index (χ3n) is 6.34. The molecule has 0 saturated heterocycles. The van der Waals surface area contributed by atoms with Crippen LogP contribution in [0.4, 0.5) is 17.1 Å². The van der Waals surface area contributed by atoms with Gasteiger partial charge in [-0.3, -0.25) is 14.5 Å². The van der Waals surface area contributed by atoms with E-state index < -0.39 is 0 Å². The fourth-order valence-corrected chi connectivity index (χ4v) is 5.19. The van der Waals surface area contributed by atoms with Gasteiger partial charge in [-0.25, -0.2) is 4.99 Å². The van der Waals surface area contributed by atoms with Crippen LogP contribution in [0, 0.1) is 0 Å². The summed E-state index contributed by atoms with van der Waals surface area (Å²) < 4.78 is 0. The van der Waals surface area contributed by atoms with Crippen molar-refractivity contribution in [2.45, 2.75) is 13.8 Å². The second-order valence-corrected chi connectivity index (χ2v) is 9.72. The van der Waals surface area contributed by atoms with Crippen LogP contribution in [0.25, 0.3) is 17.0 Å². The Bertz CT molecular complexity index is 1500. The van der Waals surface area contributed by atoms with Gasteiger partial charge in [0.15, 0.2) is 5.17 Å². The molecule has 192 valence electrons. The van der Waals surface area contributed by atoms with E-state index in [1.54, 1.807) is 11.0 Å². The average molecular weight is 524 g/mol. The number of amides is 2. The molecule has 0 atom stereocenters. The monoisotopic (exact) mass is 523 g/mol. The minimum absolute atomic E-state index is 0.115. The molecule has 2 amide bonds. The first kappa shape index (κ1) is 25.4. The van der Waals surface area contributed by atoms with E-state index in [0.717, 1.165) is 35.2 Å². The van der Waals surface area contributed by atoms with Crippen molar-refractivity contribution in [1.82, 2.24) is 4.98 Å². The predicted octanol–water partition coefficient (Wildman–Crippen LogP) is 6.13. The van der Waals surface area contributed by atoms with E-state index in [1.165, 1.54) is 11.8 Å². The minimum Gasteiger partial charge on any atom is -0.372 e. The number of hydrogen-bond donors (Lipinski definition) is 2. The molecule has 0 spiro atoms. The average Bonchev–Trinajstić information content (AvgIpc) is 3.53. The number of para-hydroxylation sites is 1. The van der Waals surface area contributed by atoms with Gasteiger partial charge in [0.1, 0.15) is 5.70 Å². The number of aromatic nitrogens is 1. The first-order valence-electron chi connectivity index (χ1n) is 12.6. The second kappa shape index (κ2) is 11.4. The summed E-state index contributed by atoms with van der Waals surface area (Å²) in [7, 11) is 0. The summed E-state index contributed by atoms with van der Waals surface area (Å²) in [5.74, 6) is -0.276. The molecule has 0 unspecified atom stereocenters. The summed E-state index contributed by atoms with van der Waals surface area (Å²) in [6, 6.07) is 25.2. The molecular weight excluding hydrogens is 494 g/mol. The number of H-pyrrole nitrogens is 1. The molecule has 2 N–H and O–H groups in total. The summed E-state index contributed by atoms with van der Waals surface area (Å²) in [5, 5.41) is 4.49. The minimum atomic E-state index is -0.218. The number of carbonyl (C=O) groups is 2. The number of carbonyl (C=O) groups excluding carboxylic acids is 2. The van der Waals surface area contributed by atoms with Crippen molar-refractivity contribution in [2.24, 2.45) is 4.99 Å². The van der Waals surface area contributed by atoms with Crippen molar-refractivity contribution in [2.75, 3.05) is 34.0 Å². The molecule has 5 rings (SSSR count). The Balaban J connectivity index is 1.34. The van der Waals surface area contributed by atoms with Crippen molar-refractivity contribution in [1.29, 1.82) is 0 Å². The molecule has 0 saturated carbocycles. The first-order chi connectivity index (χ1) is 18.6. The van der Waals surface area contributed by atoms with Gasteiger partial charge in [-0.2, -0.15) is 0 Å². The lowest BCUT2D eigenvalue weighted by atomic mass is 10.1. The molecule has 7 nitrogen and oxygen atoms in total. The number of amidine groups is 1. The number of nitrogens with zero attached hydrogens (tertiary/aromatic N) is 3. The van der Waals surface area contributed by atoms with Crippen molar-refractivity contribution in [3.8, 4) is 0 Å². The Morgan fingerprint density at radius 2 is 1.79 bits per heavy atom. The van der Waals surface area contributed by atoms with Gasteiger partial charge in [0, 0.05) is 36.2 Å².